The number of benzene rings is 2. The topological polar surface area (TPSA) is 50.8 Å². The Balaban J connectivity index is 1.69. The quantitative estimate of drug-likeness (QED) is 0.941. The van der Waals surface area contributed by atoms with Gasteiger partial charge in [-0.15, -0.1) is 0 Å². The molecule has 5 nitrogen and oxygen atoms in total. The number of nitrogens with one attached hydrogen (secondary N) is 1. The molecule has 2 amide bonds. The van der Waals surface area contributed by atoms with Crippen LogP contribution in [0.4, 0.5) is 10.5 Å². The summed E-state index contributed by atoms with van der Waals surface area (Å²) in [6.07, 6.45) is 1.63. The molecule has 0 fully saturated rings. The lowest BCUT2D eigenvalue weighted by Crippen LogP contribution is -2.36. The van der Waals surface area contributed by atoms with Crippen molar-refractivity contribution >= 4 is 11.7 Å². The molecule has 0 spiro atoms. The molecular weight excluding hydrogens is 304 g/mol. The summed E-state index contributed by atoms with van der Waals surface area (Å²) in [5.41, 5.74) is 3.20. The zero-order valence-electron chi connectivity index (χ0n) is 14.0. The fraction of sp³-hybridized carbons (Fsp3) is 0.316. The van der Waals surface area contributed by atoms with E-state index in [-0.39, 0.29) is 6.03 Å². The number of rotatable bonds is 3. The van der Waals surface area contributed by atoms with E-state index in [0.717, 1.165) is 30.0 Å². The molecule has 0 atom stereocenters. The molecule has 126 valence electrons. The molecule has 0 unspecified atom stereocenters. The molecule has 1 aliphatic heterocycles. The maximum absolute atomic E-state index is 12.6. The Kier molecular flexibility index (Phi) is 4.89. The summed E-state index contributed by atoms with van der Waals surface area (Å²) in [5, 5.41) is 2.95. The number of ether oxygens (including phenoxy) is 2. The summed E-state index contributed by atoms with van der Waals surface area (Å²) in [6, 6.07) is 13.4. The molecule has 1 heterocycles. The summed E-state index contributed by atoms with van der Waals surface area (Å²) >= 11 is 0. The Bertz CT molecular complexity index is 730. The number of carbonyl (C=O) groups excluding carboxylic acids is 1. The van der Waals surface area contributed by atoms with Crippen molar-refractivity contribution in [3.8, 4) is 11.5 Å². The fourth-order valence-corrected chi connectivity index (χ4v) is 3.04. The van der Waals surface area contributed by atoms with Crippen molar-refractivity contribution in [3.63, 3.8) is 0 Å². The third-order valence-electron chi connectivity index (χ3n) is 4.34. The number of urea groups is 1. The van der Waals surface area contributed by atoms with Crippen LogP contribution in [-0.2, 0) is 12.8 Å². The van der Waals surface area contributed by atoms with Crippen LogP contribution < -0.4 is 14.8 Å². The minimum Gasteiger partial charge on any atom is -0.497 e. The van der Waals surface area contributed by atoms with Crippen molar-refractivity contribution in [1.82, 2.24) is 4.90 Å². The largest absolute Gasteiger partial charge is 0.497 e. The second-order valence-corrected chi connectivity index (χ2v) is 5.75. The zero-order chi connectivity index (χ0) is 16.9. The molecular formula is C19H22N2O3. The lowest BCUT2D eigenvalue weighted by molar-refractivity contribution is 0.214. The molecule has 3 rings (SSSR count). The van der Waals surface area contributed by atoms with Crippen molar-refractivity contribution in [3.05, 3.63) is 53.6 Å². The van der Waals surface area contributed by atoms with Crippen molar-refractivity contribution < 1.29 is 14.3 Å². The lowest BCUT2D eigenvalue weighted by Gasteiger charge is -2.21. The summed E-state index contributed by atoms with van der Waals surface area (Å²) in [4.78, 5) is 14.4. The van der Waals surface area contributed by atoms with E-state index in [1.165, 1.54) is 11.1 Å². The van der Waals surface area contributed by atoms with E-state index in [4.69, 9.17) is 9.47 Å². The Morgan fingerprint density at radius 2 is 1.83 bits per heavy atom. The summed E-state index contributed by atoms with van der Waals surface area (Å²) < 4.78 is 10.6. The highest BCUT2D eigenvalue weighted by Crippen LogP contribution is 2.26. The number of carbonyl (C=O) groups is 1. The normalized spacial score (nSPS) is 13.7. The van der Waals surface area contributed by atoms with Gasteiger partial charge in [-0.25, -0.2) is 4.79 Å². The Morgan fingerprint density at radius 3 is 2.62 bits per heavy atom. The van der Waals surface area contributed by atoms with E-state index in [9.17, 15) is 4.79 Å². The predicted octanol–water partition coefficient (Wildman–Crippen LogP) is 3.34. The molecule has 0 aromatic heterocycles. The van der Waals surface area contributed by atoms with Gasteiger partial charge in [-0.1, -0.05) is 18.2 Å². The van der Waals surface area contributed by atoms with Gasteiger partial charge in [-0.05, 0) is 42.2 Å². The first-order valence-electron chi connectivity index (χ1n) is 8.06. The van der Waals surface area contributed by atoms with Crippen LogP contribution in [0.3, 0.4) is 0 Å². The molecule has 0 aliphatic carbocycles. The zero-order valence-corrected chi connectivity index (χ0v) is 14.0. The van der Waals surface area contributed by atoms with E-state index in [0.29, 0.717) is 13.1 Å². The standard InChI is InChI=1S/C19H22N2O3/c1-23-16-7-4-6-15(13-16)20-19(22)21-11-9-14-5-3-8-18(24-2)17(14)10-12-21/h3-8,13H,9-12H2,1-2H3,(H,20,22). The molecule has 1 aliphatic rings. The number of anilines is 1. The third-order valence-corrected chi connectivity index (χ3v) is 4.34. The van der Waals surface area contributed by atoms with Gasteiger partial charge in [0.15, 0.2) is 0 Å². The first-order valence-corrected chi connectivity index (χ1v) is 8.06. The SMILES string of the molecule is COc1cccc(NC(=O)N2CCc3cccc(OC)c3CC2)c1. The van der Waals surface area contributed by atoms with Crippen LogP contribution in [0, 0.1) is 0 Å². The van der Waals surface area contributed by atoms with Crippen molar-refractivity contribution in [2.75, 3.05) is 32.6 Å². The van der Waals surface area contributed by atoms with E-state index in [1.54, 1.807) is 14.2 Å². The number of hydrogen-bond acceptors (Lipinski definition) is 3. The number of fused-ring (bicyclic) bond motifs is 1. The van der Waals surface area contributed by atoms with Gasteiger partial charge >= 0.3 is 6.03 Å². The Labute approximate surface area is 142 Å². The molecule has 0 radical (unpaired) electrons. The lowest BCUT2D eigenvalue weighted by atomic mass is 10.0. The maximum atomic E-state index is 12.6. The number of amides is 2. The van der Waals surface area contributed by atoms with E-state index in [1.807, 2.05) is 41.3 Å². The van der Waals surface area contributed by atoms with Crippen LogP contribution in [0.15, 0.2) is 42.5 Å². The van der Waals surface area contributed by atoms with Crippen molar-refractivity contribution in [2.45, 2.75) is 12.8 Å². The Hall–Kier alpha value is -2.69. The summed E-state index contributed by atoms with van der Waals surface area (Å²) in [5.74, 6) is 1.63. The number of hydrogen-bond donors (Lipinski definition) is 1. The summed E-state index contributed by atoms with van der Waals surface area (Å²) in [7, 11) is 3.30. The van der Waals surface area contributed by atoms with Gasteiger partial charge < -0.3 is 19.7 Å². The Morgan fingerprint density at radius 1 is 1.04 bits per heavy atom. The van der Waals surface area contributed by atoms with Crippen LogP contribution in [0.5, 0.6) is 11.5 Å². The molecule has 0 bridgehead atoms. The average Bonchev–Trinajstić information content (AvgIpc) is 2.84. The van der Waals surface area contributed by atoms with Crippen LogP contribution in [-0.4, -0.2) is 38.2 Å². The summed E-state index contributed by atoms with van der Waals surface area (Å²) in [6.45, 7) is 1.36. The second kappa shape index (κ2) is 7.25. The average molecular weight is 326 g/mol. The second-order valence-electron chi connectivity index (χ2n) is 5.75. The maximum Gasteiger partial charge on any atom is 0.321 e. The van der Waals surface area contributed by atoms with E-state index >= 15 is 0 Å². The third kappa shape index (κ3) is 3.45. The van der Waals surface area contributed by atoms with Gasteiger partial charge in [-0.3, -0.25) is 0 Å². The number of methoxy groups -OCH3 is 2. The fourth-order valence-electron chi connectivity index (χ4n) is 3.04. The molecule has 2 aromatic rings. The van der Waals surface area contributed by atoms with Crippen LogP contribution >= 0.6 is 0 Å². The molecule has 24 heavy (non-hydrogen) atoms. The van der Waals surface area contributed by atoms with Gasteiger partial charge in [0.2, 0.25) is 0 Å². The smallest absolute Gasteiger partial charge is 0.321 e. The van der Waals surface area contributed by atoms with E-state index in [2.05, 4.69) is 11.4 Å². The highest BCUT2D eigenvalue weighted by Gasteiger charge is 2.20. The van der Waals surface area contributed by atoms with Crippen molar-refractivity contribution in [2.24, 2.45) is 0 Å². The number of nitrogens with zero attached hydrogens (tertiary/aromatic N) is 1. The highest BCUT2D eigenvalue weighted by atomic mass is 16.5. The molecule has 0 saturated heterocycles. The van der Waals surface area contributed by atoms with Gasteiger partial charge in [0.25, 0.3) is 0 Å². The van der Waals surface area contributed by atoms with Crippen LogP contribution in [0.2, 0.25) is 0 Å². The van der Waals surface area contributed by atoms with E-state index < -0.39 is 0 Å². The minimum atomic E-state index is -0.0879. The van der Waals surface area contributed by atoms with Crippen LogP contribution in [0.1, 0.15) is 11.1 Å². The monoisotopic (exact) mass is 326 g/mol. The van der Waals surface area contributed by atoms with Crippen LogP contribution in [0.25, 0.3) is 0 Å². The predicted molar refractivity (Wildman–Crippen MR) is 94.0 cm³/mol. The van der Waals surface area contributed by atoms with Crippen molar-refractivity contribution in [1.29, 1.82) is 0 Å². The van der Waals surface area contributed by atoms with Gasteiger partial charge in [-0.2, -0.15) is 0 Å². The highest BCUT2D eigenvalue weighted by molar-refractivity contribution is 5.89. The minimum absolute atomic E-state index is 0.0879. The van der Waals surface area contributed by atoms with Gasteiger partial charge in [0.05, 0.1) is 14.2 Å². The first kappa shape index (κ1) is 16.2. The molecule has 0 saturated carbocycles. The molecule has 2 aromatic carbocycles. The van der Waals surface area contributed by atoms with Gasteiger partial charge in [0.1, 0.15) is 11.5 Å². The molecule has 1 N–H and O–H groups in total. The van der Waals surface area contributed by atoms with Gasteiger partial charge in [0, 0.05) is 24.8 Å². The first-order chi connectivity index (χ1) is 11.7. The molecule has 5 heteroatoms.